The van der Waals surface area contributed by atoms with Gasteiger partial charge in [0.15, 0.2) is 5.82 Å². The van der Waals surface area contributed by atoms with E-state index in [0.29, 0.717) is 41.0 Å². The van der Waals surface area contributed by atoms with Gasteiger partial charge < -0.3 is 21.3 Å². The van der Waals surface area contributed by atoms with E-state index in [4.69, 9.17) is 11.6 Å². The fraction of sp³-hybridized carbons (Fsp3) is 0.182. The monoisotopic (exact) mass is 436 g/mol. The summed E-state index contributed by atoms with van der Waals surface area (Å²) in [5.41, 5.74) is 3.94. The van der Waals surface area contributed by atoms with Gasteiger partial charge in [-0.2, -0.15) is 4.98 Å². The van der Waals surface area contributed by atoms with Crippen LogP contribution in [-0.2, 0) is 17.6 Å². The summed E-state index contributed by atoms with van der Waals surface area (Å²) in [6.45, 7) is 0.644. The quantitative estimate of drug-likeness (QED) is 0.489. The average molecular weight is 437 g/mol. The molecule has 0 aliphatic carbocycles. The number of amides is 2. The number of benzene rings is 2. The lowest BCUT2D eigenvalue weighted by atomic mass is 10.0. The van der Waals surface area contributed by atoms with E-state index in [1.807, 2.05) is 24.3 Å². The molecule has 0 unspecified atom stereocenters. The minimum atomic E-state index is -0.222. The second-order valence-corrected chi connectivity index (χ2v) is 7.43. The number of carbonyl (C=O) groups excluding carboxylic acids is 2. The summed E-state index contributed by atoms with van der Waals surface area (Å²) in [5, 5.41) is 12.1. The lowest BCUT2D eigenvalue weighted by Crippen LogP contribution is -2.24. The minimum absolute atomic E-state index is 0.0138. The van der Waals surface area contributed by atoms with E-state index in [-0.39, 0.29) is 11.8 Å². The Balaban J connectivity index is 1.58. The van der Waals surface area contributed by atoms with Crippen molar-refractivity contribution in [3.8, 4) is 0 Å². The van der Waals surface area contributed by atoms with Crippen LogP contribution in [0.25, 0.3) is 0 Å². The number of carbonyl (C=O) groups is 2. The van der Waals surface area contributed by atoms with Crippen LogP contribution in [0, 0.1) is 0 Å². The molecule has 8 nitrogen and oxygen atoms in total. The second kappa shape index (κ2) is 9.01. The van der Waals surface area contributed by atoms with Gasteiger partial charge in [0.1, 0.15) is 5.02 Å². The number of hydrogen-bond donors (Lipinski definition) is 4. The summed E-state index contributed by atoms with van der Waals surface area (Å²) in [5.74, 6) is 0.493. The normalized spacial score (nSPS) is 12.9. The van der Waals surface area contributed by atoms with Crippen LogP contribution in [0.2, 0.25) is 5.02 Å². The number of para-hydroxylation sites is 1. The van der Waals surface area contributed by atoms with Gasteiger partial charge >= 0.3 is 0 Å². The van der Waals surface area contributed by atoms with Gasteiger partial charge in [0, 0.05) is 19.3 Å². The molecule has 3 aromatic rings. The molecular weight excluding hydrogens is 416 g/mol. The lowest BCUT2D eigenvalue weighted by molar-refractivity contribution is -0.120. The molecule has 0 saturated carbocycles. The molecule has 2 amide bonds. The zero-order chi connectivity index (χ0) is 21.8. The Kier molecular flexibility index (Phi) is 5.99. The summed E-state index contributed by atoms with van der Waals surface area (Å²) in [4.78, 5) is 32.7. The first-order chi connectivity index (χ1) is 15.0. The van der Waals surface area contributed by atoms with Crippen LogP contribution in [-0.4, -0.2) is 35.4 Å². The Bertz CT molecular complexity index is 1150. The highest BCUT2D eigenvalue weighted by molar-refractivity contribution is 6.33. The molecule has 0 bridgehead atoms. The van der Waals surface area contributed by atoms with E-state index in [0.717, 1.165) is 23.2 Å². The van der Waals surface area contributed by atoms with Crippen molar-refractivity contribution in [3.05, 3.63) is 70.4 Å². The number of nitrogens with one attached hydrogen (secondary N) is 4. The molecule has 31 heavy (non-hydrogen) atoms. The van der Waals surface area contributed by atoms with Crippen LogP contribution in [0.4, 0.5) is 23.1 Å². The molecule has 0 atom stereocenters. The first-order valence-electron chi connectivity index (χ1n) is 9.79. The van der Waals surface area contributed by atoms with Crippen molar-refractivity contribution in [1.29, 1.82) is 0 Å². The zero-order valence-corrected chi connectivity index (χ0v) is 17.6. The maximum Gasteiger partial charge on any atom is 0.253 e. The number of fused-ring (bicyclic) bond motifs is 1. The van der Waals surface area contributed by atoms with Gasteiger partial charge in [0.25, 0.3) is 5.91 Å². The Morgan fingerprint density at radius 3 is 2.81 bits per heavy atom. The third-order valence-electron chi connectivity index (χ3n) is 4.93. The highest BCUT2D eigenvalue weighted by Crippen LogP contribution is 2.27. The number of rotatable bonds is 5. The molecule has 0 fully saturated rings. The van der Waals surface area contributed by atoms with Gasteiger partial charge in [-0.05, 0) is 41.8 Å². The van der Waals surface area contributed by atoms with Gasteiger partial charge in [-0.3, -0.25) is 9.59 Å². The number of nitrogens with zero attached hydrogens (tertiary/aromatic N) is 2. The number of anilines is 4. The van der Waals surface area contributed by atoms with Crippen LogP contribution in [0.5, 0.6) is 0 Å². The summed E-state index contributed by atoms with van der Waals surface area (Å²) in [6, 6.07) is 13.0. The van der Waals surface area contributed by atoms with Crippen LogP contribution in [0.3, 0.4) is 0 Å². The molecule has 0 saturated heterocycles. The van der Waals surface area contributed by atoms with Crippen LogP contribution >= 0.6 is 11.6 Å². The SMILES string of the molecule is CNC(=O)c1ccccc1Nc1nc(Nc2ccc3c(c2)CC(=O)NCC3)ncc1Cl. The van der Waals surface area contributed by atoms with Crippen molar-refractivity contribution in [1.82, 2.24) is 20.6 Å². The van der Waals surface area contributed by atoms with Crippen LogP contribution < -0.4 is 21.3 Å². The van der Waals surface area contributed by atoms with Crippen molar-refractivity contribution in [2.45, 2.75) is 12.8 Å². The highest BCUT2D eigenvalue weighted by atomic mass is 35.5. The predicted octanol–water partition coefficient (Wildman–Crippen LogP) is 3.19. The molecule has 1 aliphatic rings. The van der Waals surface area contributed by atoms with Crippen LogP contribution in [0.1, 0.15) is 21.5 Å². The topological polar surface area (TPSA) is 108 Å². The number of aromatic nitrogens is 2. The fourth-order valence-corrected chi connectivity index (χ4v) is 3.52. The summed E-state index contributed by atoms with van der Waals surface area (Å²) in [7, 11) is 1.57. The fourth-order valence-electron chi connectivity index (χ4n) is 3.38. The van der Waals surface area contributed by atoms with Gasteiger partial charge in [-0.15, -0.1) is 0 Å². The summed E-state index contributed by atoms with van der Waals surface area (Å²) < 4.78 is 0. The first kappa shape index (κ1) is 20.6. The van der Waals surface area contributed by atoms with Gasteiger partial charge in [-0.1, -0.05) is 29.8 Å². The molecule has 1 aromatic heterocycles. The molecular formula is C22H21ClN6O2. The van der Waals surface area contributed by atoms with E-state index in [1.165, 1.54) is 6.20 Å². The van der Waals surface area contributed by atoms with Crippen molar-refractivity contribution in [2.24, 2.45) is 0 Å². The Morgan fingerprint density at radius 2 is 1.97 bits per heavy atom. The number of halogens is 1. The van der Waals surface area contributed by atoms with Crippen molar-refractivity contribution >= 4 is 46.6 Å². The van der Waals surface area contributed by atoms with Gasteiger partial charge in [0.2, 0.25) is 11.9 Å². The van der Waals surface area contributed by atoms with E-state index < -0.39 is 0 Å². The van der Waals surface area contributed by atoms with E-state index >= 15 is 0 Å². The minimum Gasteiger partial charge on any atom is -0.355 e. The van der Waals surface area contributed by atoms with Crippen molar-refractivity contribution in [2.75, 3.05) is 24.2 Å². The molecule has 0 radical (unpaired) electrons. The predicted molar refractivity (Wildman–Crippen MR) is 120 cm³/mol. The molecule has 9 heteroatoms. The molecule has 4 rings (SSSR count). The smallest absolute Gasteiger partial charge is 0.253 e. The van der Waals surface area contributed by atoms with E-state index in [9.17, 15) is 9.59 Å². The molecule has 2 aromatic carbocycles. The van der Waals surface area contributed by atoms with Gasteiger partial charge in [0.05, 0.1) is 23.9 Å². The standard InChI is InChI=1S/C22H21ClN6O2/c1-24-21(31)16-4-2-3-5-18(16)28-20-17(23)12-26-22(29-20)27-15-7-6-13-8-9-25-19(30)11-14(13)10-15/h2-7,10,12H,8-9,11H2,1H3,(H,24,31)(H,25,30)(H2,26,27,28,29). The third-order valence-corrected chi connectivity index (χ3v) is 5.20. The Hall–Kier alpha value is -3.65. The molecule has 2 heterocycles. The average Bonchev–Trinajstić information content (AvgIpc) is 2.96. The van der Waals surface area contributed by atoms with Gasteiger partial charge in [-0.25, -0.2) is 4.98 Å². The van der Waals surface area contributed by atoms with E-state index in [2.05, 4.69) is 31.2 Å². The van der Waals surface area contributed by atoms with Crippen molar-refractivity contribution in [3.63, 3.8) is 0 Å². The third kappa shape index (κ3) is 4.75. The maximum atomic E-state index is 12.1. The maximum absolute atomic E-state index is 12.1. The second-order valence-electron chi connectivity index (χ2n) is 7.03. The summed E-state index contributed by atoms with van der Waals surface area (Å²) in [6.07, 6.45) is 2.63. The Morgan fingerprint density at radius 1 is 1.13 bits per heavy atom. The number of hydrogen-bond acceptors (Lipinski definition) is 6. The molecule has 4 N–H and O–H groups in total. The van der Waals surface area contributed by atoms with Crippen LogP contribution in [0.15, 0.2) is 48.7 Å². The molecule has 1 aliphatic heterocycles. The highest BCUT2D eigenvalue weighted by Gasteiger charge is 2.15. The first-order valence-corrected chi connectivity index (χ1v) is 10.2. The van der Waals surface area contributed by atoms with Crippen molar-refractivity contribution < 1.29 is 9.59 Å². The summed E-state index contributed by atoms with van der Waals surface area (Å²) >= 11 is 6.28. The lowest BCUT2D eigenvalue weighted by Gasteiger charge is -2.13. The zero-order valence-electron chi connectivity index (χ0n) is 16.8. The molecule has 158 valence electrons. The Labute approximate surface area is 184 Å². The van der Waals surface area contributed by atoms with E-state index in [1.54, 1.807) is 25.2 Å². The molecule has 0 spiro atoms. The largest absolute Gasteiger partial charge is 0.355 e.